The smallest absolute Gasteiger partial charge is 0.347 e. The molecule has 24 heavy (non-hydrogen) atoms. The molecule has 0 aromatic carbocycles. The summed E-state index contributed by atoms with van der Waals surface area (Å²) in [7, 11) is 0. The molecule has 5 aliphatic rings. The van der Waals surface area contributed by atoms with Crippen LogP contribution in [0.1, 0.15) is 44.6 Å². The number of thiophene rings is 1. The summed E-state index contributed by atoms with van der Waals surface area (Å²) in [5.74, 6) is 1.76. The van der Waals surface area contributed by atoms with Gasteiger partial charge >= 0.3 is 11.9 Å². The molecule has 4 saturated carbocycles. The maximum atomic E-state index is 12.6. The van der Waals surface area contributed by atoms with E-state index in [-0.39, 0.29) is 0 Å². The first-order valence-corrected chi connectivity index (χ1v) is 9.80. The molecule has 0 amide bonds. The van der Waals surface area contributed by atoms with Gasteiger partial charge in [-0.25, -0.2) is 9.59 Å². The van der Waals surface area contributed by atoms with Crippen LogP contribution in [0.25, 0.3) is 5.57 Å². The van der Waals surface area contributed by atoms with Gasteiger partial charge in [0.25, 0.3) is 0 Å². The molecule has 0 radical (unpaired) electrons. The zero-order chi connectivity index (χ0) is 16.4. The van der Waals surface area contributed by atoms with Crippen LogP contribution in [-0.2, 0) is 14.3 Å². The van der Waals surface area contributed by atoms with Crippen molar-refractivity contribution in [2.24, 2.45) is 23.7 Å². The zero-order valence-electron chi connectivity index (χ0n) is 13.7. The number of hydrogen-bond donors (Lipinski definition) is 0. The van der Waals surface area contributed by atoms with Crippen LogP contribution in [0.3, 0.4) is 0 Å². The number of carbonyl (C=O) groups is 2. The fourth-order valence-electron chi connectivity index (χ4n) is 5.72. The first-order chi connectivity index (χ1) is 11.6. The Morgan fingerprint density at radius 2 is 1.71 bits per heavy atom. The molecule has 0 unspecified atom stereocenters. The van der Waals surface area contributed by atoms with Gasteiger partial charge in [0.15, 0.2) is 0 Å². The number of hydrogen-bond acceptors (Lipinski definition) is 4. The summed E-state index contributed by atoms with van der Waals surface area (Å²) in [4.78, 5) is 25.0. The minimum absolute atomic E-state index is 0.410. The molecule has 0 N–H and O–H groups in total. The van der Waals surface area contributed by atoms with Crippen molar-refractivity contribution in [3.63, 3.8) is 0 Å². The largest absolute Gasteiger partial charge is 0.386 e. The molecule has 0 spiro atoms. The van der Waals surface area contributed by atoms with Crippen LogP contribution in [0.2, 0.25) is 0 Å². The Hall–Kier alpha value is -1.68. The standard InChI is InChI=1S/C20H20O3S/c1-10(13-2-3-24-9-13)16-18(20(22)23-19(16)21)17-14-5-11-4-12(7-14)8-15(17)6-11/h2-3,9,11-12,14-15H,4-8H2,1H3/b16-10+,18-17?/t11-,12?,14+,15-. The number of carbonyl (C=O) groups excluding carboxylic acids is 2. The van der Waals surface area contributed by atoms with Crippen molar-refractivity contribution in [3.05, 3.63) is 39.1 Å². The Balaban J connectivity index is 1.69. The lowest BCUT2D eigenvalue weighted by atomic mass is 9.53. The second-order valence-electron chi connectivity index (χ2n) is 7.82. The normalized spacial score (nSPS) is 36.5. The lowest BCUT2D eigenvalue weighted by molar-refractivity contribution is -0.149. The van der Waals surface area contributed by atoms with E-state index in [0.717, 1.165) is 23.0 Å². The predicted octanol–water partition coefficient (Wildman–Crippen LogP) is 4.36. The van der Waals surface area contributed by atoms with Crippen molar-refractivity contribution < 1.29 is 14.3 Å². The van der Waals surface area contributed by atoms with E-state index in [9.17, 15) is 9.59 Å². The predicted molar refractivity (Wildman–Crippen MR) is 92.1 cm³/mol. The van der Waals surface area contributed by atoms with Gasteiger partial charge in [-0.2, -0.15) is 11.3 Å². The first-order valence-electron chi connectivity index (χ1n) is 8.86. The molecule has 5 fully saturated rings. The van der Waals surface area contributed by atoms with E-state index in [1.807, 2.05) is 23.8 Å². The quantitative estimate of drug-likeness (QED) is 0.433. The summed E-state index contributed by atoms with van der Waals surface area (Å²) < 4.78 is 5.07. The van der Waals surface area contributed by atoms with E-state index in [0.29, 0.717) is 23.0 Å². The van der Waals surface area contributed by atoms with E-state index in [4.69, 9.17) is 4.74 Å². The van der Waals surface area contributed by atoms with Crippen molar-refractivity contribution in [1.82, 2.24) is 0 Å². The third-order valence-corrected chi connectivity index (χ3v) is 7.16. The monoisotopic (exact) mass is 340 g/mol. The van der Waals surface area contributed by atoms with Crippen molar-refractivity contribution in [2.45, 2.75) is 39.0 Å². The molecular formula is C20H20O3S. The lowest BCUT2D eigenvalue weighted by Gasteiger charge is -2.51. The lowest BCUT2D eigenvalue weighted by Crippen LogP contribution is -2.41. The second-order valence-corrected chi connectivity index (χ2v) is 8.60. The summed E-state index contributed by atoms with van der Waals surface area (Å²) in [5.41, 5.74) is 4.30. The van der Waals surface area contributed by atoms with Gasteiger partial charge in [0.1, 0.15) is 0 Å². The highest BCUT2D eigenvalue weighted by molar-refractivity contribution is 7.08. The summed E-state index contributed by atoms with van der Waals surface area (Å²) in [6, 6.07) is 2.00. The van der Waals surface area contributed by atoms with E-state index in [1.54, 1.807) is 11.3 Å². The van der Waals surface area contributed by atoms with E-state index < -0.39 is 11.9 Å². The van der Waals surface area contributed by atoms with E-state index >= 15 is 0 Å². The van der Waals surface area contributed by atoms with Gasteiger partial charge in [0.05, 0.1) is 11.1 Å². The fraction of sp³-hybridized carbons (Fsp3) is 0.500. The molecule has 1 aliphatic heterocycles. The third kappa shape index (κ3) is 2.02. The molecule has 6 rings (SSSR count). The molecule has 1 aromatic rings. The minimum Gasteiger partial charge on any atom is -0.386 e. The van der Waals surface area contributed by atoms with Crippen molar-refractivity contribution >= 4 is 28.8 Å². The fourth-order valence-corrected chi connectivity index (χ4v) is 6.42. The molecule has 4 heteroatoms. The van der Waals surface area contributed by atoms with E-state index in [2.05, 4.69) is 0 Å². The summed E-state index contributed by atoms with van der Waals surface area (Å²) in [5, 5.41) is 4.02. The van der Waals surface area contributed by atoms with Gasteiger partial charge in [-0.15, -0.1) is 0 Å². The van der Waals surface area contributed by atoms with Gasteiger partial charge in [-0.05, 0) is 96.2 Å². The topological polar surface area (TPSA) is 43.4 Å². The van der Waals surface area contributed by atoms with Gasteiger partial charge in [0.2, 0.25) is 0 Å². The molecule has 1 aromatic heterocycles. The number of esters is 2. The summed E-state index contributed by atoms with van der Waals surface area (Å²) >= 11 is 1.60. The Kier molecular flexibility index (Phi) is 3.15. The molecule has 0 atom stereocenters. The Bertz CT molecular complexity index is 767. The van der Waals surface area contributed by atoms with Crippen molar-refractivity contribution in [2.75, 3.05) is 0 Å². The van der Waals surface area contributed by atoms with E-state index in [1.165, 1.54) is 37.7 Å². The number of rotatable bonds is 1. The maximum absolute atomic E-state index is 12.6. The average molecular weight is 340 g/mol. The Labute approximate surface area is 145 Å². The van der Waals surface area contributed by atoms with Gasteiger partial charge < -0.3 is 4.74 Å². The van der Waals surface area contributed by atoms with Gasteiger partial charge in [-0.1, -0.05) is 0 Å². The first kappa shape index (κ1) is 14.6. The number of allylic oxidation sites excluding steroid dienone is 2. The minimum atomic E-state index is -0.458. The zero-order valence-corrected chi connectivity index (χ0v) is 14.5. The summed E-state index contributed by atoms with van der Waals surface area (Å²) in [6.07, 6.45) is 6.14. The molecule has 1 saturated heterocycles. The van der Waals surface area contributed by atoms with Gasteiger partial charge in [0, 0.05) is 0 Å². The van der Waals surface area contributed by atoms with Crippen molar-refractivity contribution in [3.8, 4) is 0 Å². The highest BCUT2D eigenvalue weighted by Crippen LogP contribution is 2.58. The third-order valence-electron chi connectivity index (χ3n) is 6.48. The Morgan fingerprint density at radius 3 is 2.29 bits per heavy atom. The van der Waals surface area contributed by atoms with Crippen LogP contribution in [0, 0.1) is 23.7 Å². The summed E-state index contributed by atoms with van der Waals surface area (Å²) in [6.45, 7) is 1.94. The molecule has 124 valence electrons. The van der Waals surface area contributed by atoms with Crippen LogP contribution in [0.5, 0.6) is 0 Å². The molecule has 2 heterocycles. The highest BCUT2D eigenvalue weighted by Gasteiger charge is 2.49. The van der Waals surface area contributed by atoms with Gasteiger partial charge in [-0.3, -0.25) is 0 Å². The highest BCUT2D eigenvalue weighted by atomic mass is 32.1. The number of cyclic esters (lactones) is 2. The maximum Gasteiger partial charge on any atom is 0.347 e. The van der Waals surface area contributed by atoms with Crippen LogP contribution >= 0.6 is 11.3 Å². The SMILES string of the molecule is C/C(=C1\C(=O)OC(=O)C1=C1[C@H]2CC3C[C@@H](C2)C[C@H]1C3)c1ccsc1. The number of ether oxygens (including phenoxy) is 1. The second kappa shape index (κ2) is 5.16. The molecular weight excluding hydrogens is 320 g/mol. The van der Waals surface area contributed by atoms with Crippen LogP contribution in [0.15, 0.2) is 33.5 Å². The molecule has 3 nitrogen and oxygen atoms in total. The van der Waals surface area contributed by atoms with Crippen LogP contribution in [-0.4, -0.2) is 11.9 Å². The van der Waals surface area contributed by atoms with Crippen LogP contribution < -0.4 is 0 Å². The average Bonchev–Trinajstić information content (AvgIpc) is 3.15. The molecule has 4 aliphatic carbocycles. The van der Waals surface area contributed by atoms with Crippen molar-refractivity contribution in [1.29, 1.82) is 0 Å². The molecule has 4 bridgehead atoms. The Morgan fingerprint density at radius 1 is 1.04 bits per heavy atom. The van der Waals surface area contributed by atoms with Crippen LogP contribution in [0.4, 0.5) is 0 Å².